The first-order chi connectivity index (χ1) is 50.0. The maximum absolute atomic E-state index is 14.2. The van der Waals surface area contributed by atoms with Gasteiger partial charge < -0.3 is 38.3 Å². The molecule has 0 saturated carbocycles. The zero-order valence-electron chi connectivity index (χ0n) is 58.8. The van der Waals surface area contributed by atoms with Gasteiger partial charge >= 0.3 is 7.12 Å². The number of aryl methyl sites for hydroxylation is 3. The minimum atomic E-state index is -1.39. The average molecular weight is 1520 g/mol. The Morgan fingerprint density at radius 1 is 0.467 bits per heavy atom. The standard InChI is InChI=1S/C28H23N7O.C23H21N3O.C17H15ClN2O.C6H8BNO2.C5H3ClN4.3H2S/c1-17-14-19(12-13-31-17)22-11-7-8-20-15-24(18(2)33-26-23(30-3)16-32-28(29)34-26)35(27(36)25(20)22)21-9-5-4-6-10-21;1-15-13-17(11-12-25-15)20-10-6-7-18-14-21(16(2)24)26(23(27)22(18)20)19-8-4-3-5-9-19;1-11(19)15-10-12-6-5-9-14(18)16(12)17(21)20(15)13-7-3-2-4-8-13;1-5-4-6(7(9)10)2-3-8-5;1-8-3-2-9-5(7)10-4(3)6;;;/h4-16,18H,1-2H3,(H3,29,32,33,34);3-14,16H,24H2,1-2H3;2-11H,19H2,1H3;2-4,9-10H,1H3;2H,(H2,7,9,10);3*1H2/t18-;16-;11-;;;;;/m000...../s1. The number of nitrogen functional groups attached to an aromatic ring is 2. The Morgan fingerprint density at radius 2 is 0.850 bits per heavy atom. The van der Waals surface area contributed by atoms with Crippen molar-refractivity contribution >= 4 is 138 Å². The second-order valence-electron chi connectivity index (χ2n) is 23.9. The van der Waals surface area contributed by atoms with E-state index in [1.54, 1.807) is 57.4 Å². The highest BCUT2D eigenvalue weighted by molar-refractivity contribution is 7.59. The van der Waals surface area contributed by atoms with Crippen molar-refractivity contribution in [2.75, 3.05) is 16.8 Å². The molecule has 8 aromatic heterocycles. The van der Waals surface area contributed by atoms with Crippen LogP contribution < -0.4 is 50.4 Å². The number of halogens is 2. The molecule has 0 aliphatic carbocycles. The highest BCUT2D eigenvalue weighted by Crippen LogP contribution is 2.34. The number of nitrogens with zero attached hydrogens (tertiary/aromatic N) is 12. The first kappa shape index (κ1) is 82.8. The molecule has 14 aromatic rings. The Kier molecular flexibility index (Phi) is 29.4. The Balaban J connectivity index is 0.000000199. The van der Waals surface area contributed by atoms with Crippen molar-refractivity contribution in [2.45, 2.75) is 59.7 Å². The smallest absolute Gasteiger partial charge is 0.423 e. The molecule has 0 unspecified atom stereocenters. The van der Waals surface area contributed by atoms with Crippen LogP contribution in [0.2, 0.25) is 10.2 Å². The number of para-hydroxylation sites is 3. The van der Waals surface area contributed by atoms with Gasteiger partial charge in [0.15, 0.2) is 0 Å². The van der Waals surface area contributed by atoms with E-state index in [0.717, 1.165) is 89.6 Å². The third-order valence-corrected chi connectivity index (χ3v) is 16.9. The molecular formula is C79H76BCl2N17O5S3. The first-order valence-corrected chi connectivity index (χ1v) is 33.3. The molecule has 542 valence electrons. The van der Waals surface area contributed by atoms with Crippen LogP contribution >= 0.6 is 63.7 Å². The minimum absolute atomic E-state index is 0. The summed E-state index contributed by atoms with van der Waals surface area (Å²) in [7, 11) is -1.39. The fraction of sp³-hybridized carbons (Fsp3) is 0.114. The van der Waals surface area contributed by atoms with E-state index < -0.39 is 7.12 Å². The number of aromatic nitrogens is 10. The van der Waals surface area contributed by atoms with Crippen LogP contribution in [-0.4, -0.2) is 65.8 Å². The Morgan fingerprint density at radius 3 is 1.25 bits per heavy atom. The minimum Gasteiger partial charge on any atom is -0.423 e. The maximum atomic E-state index is 14.2. The highest BCUT2D eigenvalue weighted by Gasteiger charge is 2.22. The SMILES string of the molecule is C[C@H](N)c1cc2cccc(Cl)c2c(=O)n1-c1ccccc1.Cc1cc(-c2cccc3cc([C@H](C)N)n(-c4ccccc4)c(=O)c23)ccn1.Cc1cc(B(O)O)ccn1.S.S.S.[C-]#[N+]c1cnc(N)nc1Cl.[C-]#[N+]c1cnc(N)nc1N[C@@H](C)c1cc2cccc(-c3ccnc(C)c3)c2c(=O)n1-c1ccccc1. The van der Waals surface area contributed by atoms with Crippen molar-refractivity contribution in [1.82, 2.24) is 48.6 Å². The number of benzene rings is 6. The fourth-order valence-electron chi connectivity index (χ4n) is 11.6. The van der Waals surface area contributed by atoms with Gasteiger partial charge in [0.05, 0.1) is 40.4 Å². The monoisotopic (exact) mass is 1520 g/mol. The average Bonchev–Trinajstić information content (AvgIpc) is 0.763. The van der Waals surface area contributed by atoms with Gasteiger partial charge in [0.2, 0.25) is 23.3 Å². The van der Waals surface area contributed by atoms with E-state index in [0.29, 0.717) is 32.5 Å². The first-order valence-electron chi connectivity index (χ1n) is 32.5. The van der Waals surface area contributed by atoms with Crippen LogP contribution in [-0.2, 0) is 0 Å². The van der Waals surface area contributed by atoms with Crippen molar-refractivity contribution in [3.63, 3.8) is 0 Å². The normalized spacial score (nSPS) is 11.2. The Labute approximate surface area is 648 Å². The van der Waals surface area contributed by atoms with E-state index in [2.05, 4.69) is 49.9 Å². The predicted molar refractivity (Wildman–Crippen MR) is 447 cm³/mol. The van der Waals surface area contributed by atoms with E-state index >= 15 is 0 Å². The molecule has 0 radical (unpaired) electrons. The summed E-state index contributed by atoms with van der Waals surface area (Å²) in [4.78, 5) is 75.0. The van der Waals surface area contributed by atoms with Gasteiger partial charge in [-0.25, -0.2) is 29.6 Å². The largest absolute Gasteiger partial charge is 0.488 e. The lowest BCUT2D eigenvalue weighted by atomic mass is 9.81. The number of rotatable bonds is 11. The molecule has 0 aliphatic heterocycles. The van der Waals surface area contributed by atoms with Gasteiger partial charge in [-0.3, -0.25) is 43.0 Å². The third-order valence-electron chi connectivity index (χ3n) is 16.4. The number of hydrogen-bond donors (Lipinski definition) is 7. The summed E-state index contributed by atoms with van der Waals surface area (Å²) in [5.74, 6) is 0.462. The van der Waals surface area contributed by atoms with Crippen LogP contribution in [0.1, 0.15) is 73.1 Å². The van der Waals surface area contributed by atoms with Crippen molar-refractivity contribution in [3.05, 3.63) is 329 Å². The number of nitrogens with one attached hydrogen (secondary N) is 1. The van der Waals surface area contributed by atoms with Gasteiger partial charge in [0, 0.05) is 94.3 Å². The molecule has 14 rings (SSSR count). The van der Waals surface area contributed by atoms with E-state index in [-0.39, 0.29) is 104 Å². The zero-order valence-corrected chi connectivity index (χ0v) is 63.3. The van der Waals surface area contributed by atoms with Gasteiger partial charge in [0.1, 0.15) is 11.0 Å². The number of anilines is 3. The molecule has 0 spiro atoms. The van der Waals surface area contributed by atoms with Crippen LogP contribution in [0, 0.1) is 33.9 Å². The van der Waals surface area contributed by atoms with E-state index in [4.69, 9.17) is 69.3 Å². The molecule has 0 aliphatic rings. The zero-order chi connectivity index (χ0) is 74.3. The van der Waals surface area contributed by atoms with Gasteiger partial charge in [-0.2, -0.15) is 40.5 Å². The summed E-state index contributed by atoms with van der Waals surface area (Å²) in [6, 6.07) is 61.9. The Bertz CT molecular complexity index is 5740. The molecule has 0 bridgehead atoms. The molecule has 8 heterocycles. The van der Waals surface area contributed by atoms with Crippen molar-refractivity contribution in [3.8, 4) is 39.3 Å². The lowest BCUT2D eigenvalue weighted by Crippen LogP contribution is -2.29. The summed E-state index contributed by atoms with van der Waals surface area (Å²) < 4.78 is 5.07. The molecule has 6 aromatic carbocycles. The van der Waals surface area contributed by atoms with Gasteiger partial charge in [-0.1, -0.05) is 126 Å². The molecule has 11 N–H and O–H groups in total. The van der Waals surface area contributed by atoms with E-state index in [1.165, 1.54) is 12.4 Å². The van der Waals surface area contributed by atoms with Crippen molar-refractivity contribution in [1.29, 1.82) is 0 Å². The van der Waals surface area contributed by atoms with Crippen LogP contribution in [0.5, 0.6) is 0 Å². The number of pyridine rings is 6. The van der Waals surface area contributed by atoms with Gasteiger partial charge in [0.25, 0.3) is 16.7 Å². The molecule has 107 heavy (non-hydrogen) atoms. The summed E-state index contributed by atoms with van der Waals surface area (Å²) >= 11 is 11.7. The summed E-state index contributed by atoms with van der Waals surface area (Å²) in [6.07, 6.45) is 7.75. The fourth-order valence-corrected chi connectivity index (χ4v) is 12.0. The lowest BCUT2D eigenvalue weighted by Gasteiger charge is -2.22. The van der Waals surface area contributed by atoms with E-state index in [9.17, 15) is 14.4 Å². The predicted octanol–water partition coefficient (Wildman–Crippen LogP) is 14.2. The molecule has 3 atom stereocenters. The summed E-state index contributed by atoms with van der Waals surface area (Å²) in [5, 5.41) is 25.5. The second-order valence-corrected chi connectivity index (χ2v) is 24.7. The Hall–Kier alpha value is -11.5. The highest BCUT2D eigenvalue weighted by atomic mass is 35.5. The topological polar surface area (TPSA) is 322 Å². The van der Waals surface area contributed by atoms with Gasteiger partial charge in [-0.05, 0) is 182 Å². The molecule has 0 saturated heterocycles. The number of hydrogen-bond acceptors (Lipinski definition) is 17. The summed E-state index contributed by atoms with van der Waals surface area (Å²) in [6.45, 7) is 25.4. The van der Waals surface area contributed by atoms with Crippen molar-refractivity contribution < 1.29 is 10.0 Å². The second kappa shape index (κ2) is 38.0. The van der Waals surface area contributed by atoms with Crippen LogP contribution in [0.4, 0.5) is 29.1 Å². The molecule has 22 nitrogen and oxygen atoms in total. The molecule has 28 heteroatoms. The quantitative estimate of drug-likeness (QED) is 0.0359. The third kappa shape index (κ3) is 19.7. The number of nitrogens with two attached hydrogens (primary N) is 4. The maximum Gasteiger partial charge on any atom is 0.488 e. The van der Waals surface area contributed by atoms with Gasteiger partial charge in [-0.15, -0.1) is 0 Å². The van der Waals surface area contributed by atoms with Crippen LogP contribution in [0.25, 0.3) is 81.3 Å². The lowest BCUT2D eigenvalue weighted by molar-refractivity contribution is 0.425. The molecular weight excluding hydrogens is 1440 g/mol. The van der Waals surface area contributed by atoms with Crippen LogP contribution in [0.15, 0.2) is 246 Å². The number of fused-ring (bicyclic) bond motifs is 3. The molecule has 0 amide bonds. The van der Waals surface area contributed by atoms with Crippen LogP contribution in [0.3, 0.4) is 0 Å². The molecule has 0 fully saturated rings. The van der Waals surface area contributed by atoms with E-state index in [1.807, 2.05) is 217 Å². The summed E-state index contributed by atoms with van der Waals surface area (Å²) in [5.41, 5.74) is 34.7. The van der Waals surface area contributed by atoms with Crippen molar-refractivity contribution in [2.24, 2.45) is 11.5 Å².